The molecule has 0 unspecified atom stereocenters. The Morgan fingerprint density at radius 1 is 1.53 bits per heavy atom. The molecule has 1 fully saturated rings. The smallest absolute Gasteiger partial charge is 0.138 e. The van der Waals surface area contributed by atoms with Crippen molar-refractivity contribution in [2.24, 2.45) is 5.73 Å². The van der Waals surface area contributed by atoms with Crippen LogP contribution in [0.4, 0.5) is 0 Å². The molecule has 4 heteroatoms. The lowest BCUT2D eigenvalue weighted by atomic mass is 10.2. The highest BCUT2D eigenvalue weighted by Crippen LogP contribution is 2.34. The Labute approximate surface area is 93.4 Å². The van der Waals surface area contributed by atoms with Gasteiger partial charge in [0.25, 0.3) is 0 Å². The molecule has 15 heavy (non-hydrogen) atoms. The second-order valence-corrected chi connectivity index (χ2v) is 4.32. The molecule has 0 amide bonds. The Morgan fingerprint density at radius 3 is 2.80 bits per heavy atom. The molecule has 0 spiro atoms. The van der Waals surface area contributed by atoms with Crippen LogP contribution in [0.2, 0.25) is 5.02 Å². The van der Waals surface area contributed by atoms with Crippen molar-refractivity contribution in [2.45, 2.75) is 18.4 Å². The fourth-order valence-corrected chi connectivity index (χ4v) is 1.45. The van der Waals surface area contributed by atoms with E-state index in [9.17, 15) is 0 Å². The number of hydrogen-bond acceptors (Lipinski definition) is 3. The summed E-state index contributed by atoms with van der Waals surface area (Å²) in [5.74, 6) is 0.590. The maximum Gasteiger partial charge on any atom is 0.138 e. The van der Waals surface area contributed by atoms with Gasteiger partial charge in [-0.15, -0.1) is 0 Å². The molecule has 2 rings (SSSR count). The molecule has 0 aromatic heterocycles. The third kappa shape index (κ3) is 2.41. The molecule has 1 aromatic carbocycles. The van der Waals surface area contributed by atoms with E-state index in [0.29, 0.717) is 22.9 Å². The van der Waals surface area contributed by atoms with Crippen LogP contribution < -0.4 is 10.5 Å². The number of benzene rings is 1. The maximum absolute atomic E-state index is 8.65. The van der Waals surface area contributed by atoms with Crippen molar-refractivity contribution in [1.82, 2.24) is 0 Å². The summed E-state index contributed by atoms with van der Waals surface area (Å²) in [4.78, 5) is 0. The van der Waals surface area contributed by atoms with Crippen LogP contribution in [0.15, 0.2) is 18.2 Å². The highest BCUT2D eigenvalue weighted by Gasteiger charge is 2.39. The molecule has 78 valence electrons. The van der Waals surface area contributed by atoms with Crippen LogP contribution >= 0.6 is 11.6 Å². The van der Waals surface area contributed by atoms with E-state index in [0.717, 1.165) is 12.8 Å². The standard InChI is InChI=1S/C11H11ClN2O/c12-9-5-8(6-13)1-2-10(9)15-7-11(14)3-4-11/h1-2,5H,3-4,7,14H2. The average Bonchev–Trinajstić information content (AvgIpc) is 2.95. The lowest BCUT2D eigenvalue weighted by Crippen LogP contribution is -2.29. The maximum atomic E-state index is 8.65. The number of nitrogens with zero attached hydrogens (tertiary/aromatic N) is 1. The molecule has 0 heterocycles. The number of nitrogens with two attached hydrogens (primary N) is 1. The van der Waals surface area contributed by atoms with E-state index in [2.05, 4.69) is 0 Å². The zero-order chi connectivity index (χ0) is 10.9. The summed E-state index contributed by atoms with van der Waals surface area (Å²) in [7, 11) is 0. The van der Waals surface area contributed by atoms with Crippen LogP contribution in [0.25, 0.3) is 0 Å². The number of nitriles is 1. The number of halogens is 1. The van der Waals surface area contributed by atoms with Crippen molar-refractivity contribution < 1.29 is 4.74 Å². The molecule has 0 bridgehead atoms. The van der Waals surface area contributed by atoms with Gasteiger partial charge in [-0.1, -0.05) is 11.6 Å². The van der Waals surface area contributed by atoms with E-state index in [-0.39, 0.29) is 5.54 Å². The van der Waals surface area contributed by atoms with Gasteiger partial charge in [-0.05, 0) is 31.0 Å². The molecule has 0 radical (unpaired) electrons. The quantitative estimate of drug-likeness (QED) is 0.852. The minimum absolute atomic E-state index is 0.156. The van der Waals surface area contributed by atoms with E-state index in [1.807, 2.05) is 6.07 Å². The molecule has 2 N–H and O–H groups in total. The van der Waals surface area contributed by atoms with Gasteiger partial charge in [0.15, 0.2) is 0 Å². The van der Waals surface area contributed by atoms with E-state index < -0.39 is 0 Å². The van der Waals surface area contributed by atoms with Gasteiger partial charge in [0.1, 0.15) is 12.4 Å². The first-order valence-electron chi connectivity index (χ1n) is 4.74. The Kier molecular flexibility index (Phi) is 2.56. The zero-order valence-corrected chi connectivity index (χ0v) is 8.92. The van der Waals surface area contributed by atoms with E-state index >= 15 is 0 Å². The lowest BCUT2D eigenvalue weighted by Gasteiger charge is -2.12. The van der Waals surface area contributed by atoms with Gasteiger partial charge in [-0.2, -0.15) is 5.26 Å². The number of hydrogen-bond donors (Lipinski definition) is 1. The van der Waals surface area contributed by atoms with Gasteiger partial charge >= 0.3 is 0 Å². The summed E-state index contributed by atoms with van der Waals surface area (Å²) in [5, 5.41) is 9.11. The van der Waals surface area contributed by atoms with Gasteiger partial charge in [0.2, 0.25) is 0 Å². The summed E-state index contributed by atoms with van der Waals surface area (Å²) in [6.07, 6.45) is 2.00. The van der Waals surface area contributed by atoms with Gasteiger partial charge < -0.3 is 10.5 Å². The van der Waals surface area contributed by atoms with Crippen LogP contribution in [-0.2, 0) is 0 Å². The lowest BCUT2D eigenvalue weighted by molar-refractivity contribution is 0.279. The van der Waals surface area contributed by atoms with Crippen molar-refractivity contribution in [3.05, 3.63) is 28.8 Å². The topological polar surface area (TPSA) is 59.0 Å². The van der Waals surface area contributed by atoms with Gasteiger partial charge in [-0.3, -0.25) is 0 Å². The SMILES string of the molecule is N#Cc1ccc(OCC2(N)CC2)c(Cl)c1. The average molecular weight is 223 g/mol. The molecule has 0 saturated heterocycles. The number of rotatable bonds is 3. The van der Waals surface area contributed by atoms with Crippen molar-refractivity contribution in [3.63, 3.8) is 0 Å². The predicted molar refractivity (Wildman–Crippen MR) is 57.8 cm³/mol. The minimum Gasteiger partial charge on any atom is -0.490 e. The Morgan fingerprint density at radius 2 is 2.27 bits per heavy atom. The highest BCUT2D eigenvalue weighted by molar-refractivity contribution is 6.32. The first kappa shape index (κ1) is 10.3. The highest BCUT2D eigenvalue weighted by atomic mass is 35.5. The Bertz CT molecular complexity index is 421. The monoisotopic (exact) mass is 222 g/mol. The third-order valence-electron chi connectivity index (χ3n) is 2.47. The molecular weight excluding hydrogens is 212 g/mol. The van der Waals surface area contributed by atoms with E-state index in [1.165, 1.54) is 0 Å². The van der Waals surface area contributed by atoms with Crippen LogP contribution in [0.3, 0.4) is 0 Å². The van der Waals surface area contributed by atoms with Crippen molar-refractivity contribution in [1.29, 1.82) is 5.26 Å². The molecule has 1 aliphatic rings. The second kappa shape index (κ2) is 3.73. The van der Waals surface area contributed by atoms with Crippen LogP contribution in [0.5, 0.6) is 5.75 Å². The van der Waals surface area contributed by atoms with Crippen LogP contribution in [0.1, 0.15) is 18.4 Å². The molecule has 3 nitrogen and oxygen atoms in total. The normalized spacial score (nSPS) is 16.9. The molecule has 1 aromatic rings. The first-order chi connectivity index (χ1) is 7.13. The molecule has 1 aliphatic carbocycles. The van der Waals surface area contributed by atoms with Gasteiger partial charge in [0.05, 0.1) is 22.2 Å². The predicted octanol–water partition coefficient (Wildman–Crippen LogP) is 2.08. The summed E-state index contributed by atoms with van der Waals surface area (Å²) in [6, 6.07) is 6.98. The second-order valence-electron chi connectivity index (χ2n) is 3.91. The third-order valence-corrected chi connectivity index (χ3v) is 2.76. The number of ether oxygens (including phenoxy) is 1. The molecular formula is C11H11ClN2O. The summed E-state index contributed by atoms with van der Waals surface area (Å²) >= 11 is 5.94. The van der Waals surface area contributed by atoms with Crippen molar-refractivity contribution >= 4 is 11.6 Å². The van der Waals surface area contributed by atoms with Crippen LogP contribution in [-0.4, -0.2) is 12.1 Å². The summed E-state index contributed by atoms with van der Waals surface area (Å²) in [5.41, 5.74) is 6.25. The van der Waals surface area contributed by atoms with Crippen molar-refractivity contribution in [3.8, 4) is 11.8 Å². The Hall–Kier alpha value is -1.24. The molecule has 1 saturated carbocycles. The van der Waals surface area contributed by atoms with Crippen molar-refractivity contribution in [2.75, 3.05) is 6.61 Å². The van der Waals surface area contributed by atoms with Gasteiger partial charge in [0, 0.05) is 0 Å². The Balaban J connectivity index is 2.05. The fourth-order valence-electron chi connectivity index (χ4n) is 1.21. The first-order valence-corrected chi connectivity index (χ1v) is 5.12. The fraction of sp³-hybridized carbons (Fsp3) is 0.364. The summed E-state index contributed by atoms with van der Waals surface area (Å²) < 4.78 is 5.50. The van der Waals surface area contributed by atoms with Crippen LogP contribution in [0, 0.1) is 11.3 Å². The zero-order valence-electron chi connectivity index (χ0n) is 8.16. The molecule has 0 aliphatic heterocycles. The molecule has 0 atom stereocenters. The van der Waals surface area contributed by atoms with E-state index in [4.69, 9.17) is 27.3 Å². The van der Waals surface area contributed by atoms with Gasteiger partial charge in [-0.25, -0.2) is 0 Å². The summed E-state index contributed by atoms with van der Waals surface area (Å²) in [6.45, 7) is 0.485. The minimum atomic E-state index is -0.156. The largest absolute Gasteiger partial charge is 0.490 e. The van der Waals surface area contributed by atoms with E-state index in [1.54, 1.807) is 18.2 Å².